The van der Waals surface area contributed by atoms with Gasteiger partial charge in [-0.2, -0.15) is 0 Å². The molecule has 1 amide bonds. The summed E-state index contributed by atoms with van der Waals surface area (Å²) in [6.45, 7) is 3.36. The maximum Gasteiger partial charge on any atom is 0.261 e. The molecule has 3 aromatic rings. The summed E-state index contributed by atoms with van der Waals surface area (Å²) in [5, 5.41) is 7.19. The number of aryl methyl sites for hydroxylation is 2. The third-order valence-electron chi connectivity index (χ3n) is 4.02. The van der Waals surface area contributed by atoms with Gasteiger partial charge in [0, 0.05) is 11.1 Å². The van der Waals surface area contributed by atoms with Crippen LogP contribution in [0.3, 0.4) is 0 Å². The Morgan fingerprint density at radius 3 is 2.63 bits per heavy atom. The van der Waals surface area contributed by atoms with Crippen molar-refractivity contribution in [2.45, 2.75) is 13.8 Å². The SMILES string of the molecule is COc1cc(Cl)c(C)cc1NC(=O)c1c(-c2c(F)cccc2Cl)noc1C. The van der Waals surface area contributed by atoms with Crippen LogP contribution >= 0.6 is 23.2 Å². The first kappa shape index (κ1) is 19.2. The second-order valence-corrected chi connectivity index (χ2v) is 6.63. The Bertz CT molecular complexity index is 1010. The molecule has 0 aliphatic rings. The van der Waals surface area contributed by atoms with E-state index in [9.17, 15) is 9.18 Å². The molecule has 140 valence electrons. The average Bonchev–Trinajstić information content (AvgIpc) is 2.99. The van der Waals surface area contributed by atoms with Crippen LogP contribution in [0.5, 0.6) is 5.75 Å². The van der Waals surface area contributed by atoms with Crippen molar-refractivity contribution in [1.29, 1.82) is 0 Å². The molecule has 0 atom stereocenters. The van der Waals surface area contributed by atoms with Crippen molar-refractivity contribution < 1.29 is 18.4 Å². The predicted octanol–water partition coefficient (Wildman–Crippen LogP) is 5.67. The van der Waals surface area contributed by atoms with Crippen LogP contribution in [0.4, 0.5) is 10.1 Å². The highest BCUT2D eigenvalue weighted by Gasteiger charge is 2.26. The van der Waals surface area contributed by atoms with Crippen molar-refractivity contribution in [2.24, 2.45) is 0 Å². The van der Waals surface area contributed by atoms with Crippen LogP contribution in [0.1, 0.15) is 21.7 Å². The Morgan fingerprint density at radius 1 is 1.22 bits per heavy atom. The first-order chi connectivity index (χ1) is 12.8. The minimum absolute atomic E-state index is 0.000387. The molecule has 0 fully saturated rings. The maximum atomic E-state index is 14.3. The zero-order valence-corrected chi connectivity index (χ0v) is 16.2. The van der Waals surface area contributed by atoms with Gasteiger partial charge in [-0.3, -0.25) is 4.79 Å². The average molecular weight is 409 g/mol. The van der Waals surface area contributed by atoms with Crippen molar-refractivity contribution in [3.05, 3.63) is 63.1 Å². The Labute approximate surface area is 165 Å². The molecule has 8 heteroatoms. The van der Waals surface area contributed by atoms with Crippen LogP contribution in [-0.2, 0) is 0 Å². The molecule has 5 nitrogen and oxygen atoms in total. The molecule has 0 saturated heterocycles. The number of carbonyl (C=O) groups excluding carboxylic acids is 1. The van der Waals surface area contributed by atoms with Crippen LogP contribution in [-0.4, -0.2) is 18.2 Å². The number of amides is 1. The number of hydrogen-bond donors (Lipinski definition) is 1. The number of halogens is 3. The lowest BCUT2D eigenvalue weighted by atomic mass is 10.0. The normalized spacial score (nSPS) is 10.7. The molecular weight excluding hydrogens is 394 g/mol. The molecule has 1 heterocycles. The Morgan fingerprint density at radius 2 is 1.96 bits per heavy atom. The molecule has 3 rings (SSSR count). The van der Waals surface area contributed by atoms with Crippen molar-refractivity contribution in [1.82, 2.24) is 5.16 Å². The fraction of sp³-hybridized carbons (Fsp3) is 0.158. The van der Waals surface area contributed by atoms with E-state index in [0.29, 0.717) is 16.5 Å². The molecule has 0 aliphatic carbocycles. The lowest BCUT2D eigenvalue weighted by Gasteiger charge is -2.12. The highest BCUT2D eigenvalue weighted by Crippen LogP contribution is 2.35. The van der Waals surface area contributed by atoms with E-state index in [0.717, 1.165) is 5.56 Å². The van der Waals surface area contributed by atoms with E-state index in [-0.39, 0.29) is 27.6 Å². The van der Waals surface area contributed by atoms with E-state index >= 15 is 0 Å². The molecule has 0 radical (unpaired) electrons. The van der Waals surface area contributed by atoms with Crippen LogP contribution in [0.25, 0.3) is 11.3 Å². The number of ether oxygens (including phenoxy) is 1. The lowest BCUT2D eigenvalue weighted by molar-refractivity contribution is 0.102. The van der Waals surface area contributed by atoms with Crippen LogP contribution < -0.4 is 10.1 Å². The monoisotopic (exact) mass is 408 g/mol. The zero-order chi connectivity index (χ0) is 19.7. The van der Waals surface area contributed by atoms with Gasteiger partial charge in [0.25, 0.3) is 5.91 Å². The molecule has 0 saturated carbocycles. The Kier molecular flexibility index (Phi) is 5.39. The number of rotatable bonds is 4. The molecule has 27 heavy (non-hydrogen) atoms. The minimum atomic E-state index is -0.607. The molecule has 1 aromatic heterocycles. The number of benzene rings is 2. The highest BCUT2D eigenvalue weighted by atomic mass is 35.5. The number of anilines is 1. The number of nitrogens with zero attached hydrogens (tertiary/aromatic N) is 1. The predicted molar refractivity (Wildman–Crippen MR) is 102 cm³/mol. The van der Waals surface area contributed by atoms with E-state index in [1.165, 1.54) is 25.3 Å². The first-order valence-corrected chi connectivity index (χ1v) is 8.65. The number of hydrogen-bond acceptors (Lipinski definition) is 4. The number of carbonyl (C=O) groups is 1. The molecule has 1 N–H and O–H groups in total. The minimum Gasteiger partial charge on any atom is -0.495 e. The Balaban J connectivity index is 2.05. The molecule has 0 aliphatic heterocycles. The van der Waals surface area contributed by atoms with E-state index in [1.54, 1.807) is 26.0 Å². The van der Waals surface area contributed by atoms with E-state index in [2.05, 4.69) is 10.5 Å². The summed E-state index contributed by atoms with van der Waals surface area (Å²) in [5.74, 6) is -0.530. The van der Waals surface area contributed by atoms with Crippen LogP contribution in [0.2, 0.25) is 10.0 Å². The molecule has 2 aromatic carbocycles. The van der Waals surface area contributed by atoms with Crippen molar-refractivity contribution >= 4 is 34.8 Å². The van der Waals surface area contributed by atoms with Crippen LogP contribution in [0, 0.1) is 19.7 Å². The fourth-order valence-electron chi connectivity index (χ4n) is 2.65. The summed E-state index contributed by atoms with van der Waals surface area (Å²) in [6, 6.07) is 7.49. The smallest absolute Gasteiger partial charge is 0.261 e. The van der Waals surface area contributed by atoms with Gasteiger partial charge >= 0.3 is 0 Å². The van der Waals surface area contributed by atoms with E-state index in [1.807, 2.05) is 0 Å². The second kappa shape index (κ2) is 7.58. The standard InChI is InChI=1S/C19H15Cl2FN2O3/c1-9-7-14(15(26-3)8-12(9)21)23-19(25)16-10(2)27-24-18(16)17-11(20)5-4-6-13(17)22/h4-8H,1-3H3,(H,23,25). The van der Waals surface area contributed by atoms with Gasteiger partial charge in [0.1, 0.15) is 28.6 Å². The molecule has 0 unspecified atom stereocenters. The third kappa shape index (κ3) is 3.63. The largest absolute Gasteiger partial charge is 0.495 e. The number of nitrogens with one attached hydrogen (secondary N) is 1. The van der Waals surface area contributed by atoms with Gasteiger partial charge in [-0.05, 0) is 37.6 Å². The van der Waals surface area contributed by atoms with Gasteiger partial charge in [-0.25, -0.2) is 4.39 Å². The first-order valence-electron chi connectivity index (χ1n) is 7.89. The third-order valence-corrected chi connectivity index (χ3v) is 4.74. The van der Waals surface area contributed by atoms with Crippen LogP contribution in [0.15, 0.2) is 34.9 Å². The van der Waals surface area contributed by atoms with E-state index < -0.39 is 11.7 Å². The van der Waals surface area contributed by atoms with Gasteiger partial charge in [0.2, 0.25) is 0 Å². The van der Waals surface area contributed by atoms with Gasteiger partial charge in [-0.1, -0.05) is 34.4 Å². The quantitative estimate of drug-likeness (QED) is 0.604. The number of aromatic nitrogens is 1. The molecule has 0 spiro atoms. The topological polar surface area (TPSA) is 64.4 Å². The summed E-state index contributed by atoms with van der Waals surface area (Å²) < 4.78 is 24.7. The van der Waals surface area contributed by atoms with Gasteiger partial charge in [0.05, 0.1) is 23.4 Å². The lowest BCUT2D eigenvalue weighted by Crippen LogP contribution is -2.14. The summed E-state index contributed by atoms with van der Waals surface area (Å²) in [7, 11) is 1.46. The summed E-state index contributed by atoms with van der Waals surface area (Å²) in [5.41, 5.74) is 1.28. The second-order valence-electron chi connectivity index (χ2n) is 5.81. The van der Waals surface area contributed by atoms with Crippen molar-refractivity contribution in [2.75, 3.05) is 12.4 Å². The van der Waals surface area contributed by atoms with Gasteiger partial charge < -0.3 is 14.6 Å². The summed E-state index contributed by atoms with van der Waals surface area (Å²) >= 11 is 12.2. The number of methoxy groups -OCH3 is 1. The highest BCUT2D eigenvalue weighted by molar-refractivity contribution is 6.33. The van der Waals surface area contributed by atoms with Crippen molar-refractivity contribution in [3.8, 4) is 17.0 Å². The summed E-state index contributed by atoms with van der Waals surface area (Å²) in [6.07, 6.45) is 0. The summed E-state index contributed by atoms with van der Waals surface area (Å²) in [4.78, 5) is 12.9. The van der Waals surface area contributed by atoms with Crippen molar-refractivity contribution in [3.63, 3.8) is 0 Å². The fourth-order valence-corrected chi connectivity index (χ4v) is 3.06. The molecule has 0 bridgehead atoms. The van der Waals surface area contributed by atoms with E-state index in [4.69, 9.17) is 32.5 Å². The molecular formula is C19H15Cl2FN2O3. The maximum absolute atomic E-state index is 14.3. The zero-order valence-electron chi connectivity index (χ0n) is 14.7. The Hall–Kier alpha value is -2.57. The van der Waals surface area contributed by atoms with Gasteiger partial charge in [-0.15, -0.1) is 0 Å². The van der Waals surface area contributed by atoms with Gasteiger partial charge in [0.15, 0.2) is 0 Å².